The fraction of sp³-hybridized carbons (Fsp3) is 0.400. The monoisotopic (exact) mass is 235 g/mol. The maximum atomic E-state index is 13.5. The lowest BCUT2D eigenvalue weighted by atomic mass is 10.1. The van der Waals surface area contributed by atoms with E-state index in [1.165, 1.54) is 13.2 Å². The SMILES string of the molecule is COCc1c(Cl)cc(C(C)N)c(F)c1F. The van der Waals surface area contributed by atoms with Crippen molar-refractivity contribution in [3.05, 3.63) is 33.9 Å². The Hall–Kier alpha value is -0.710. The van der Waals surface area contributed by atoms with Crippen LogP contribution in [0.15, 0.2) is 6.07 Å². The van der Waals surface area contributed by atoms with Gasteiger partial charge in [-0.25, -0.2) is 8.78 Å². The van der Waals surface area contributed by atoms with Crippen molar-refractivity contribution in [1.29, 1.82) is 0 Å². The molecule has 0 amide bonds. The van der Waals surface area contributed by atoms with Gasteiger partial charge in [-0.2, -0.15) is 0 Å². The molecule has 2 N–H and O–H groups in total. The molecule has 1 unspecified atom stereocenters. The maximum Gasteiger partial charge on any atom is 0.166 e. The minimum Gasteiger partial charge on any atom is -0.380 e. The van der Waals surface area contributed by atoms with E-state index in [1.54, 1.807) is 6.92 Å². The first-order chi connectivity index (χ1) is 6.99. The van der Waals surface area contributed by atoms with Crippen molar-refractivity contribution in [3.63, 3.8) is 0 Å². The lowest BCUT2D eigenvalue weighted by Gasteiger charge is -2.12. The Bertz CT molecular complexity index is 369. The highest BCUT2D eigenvalue weighted by Crippen LogP contribution is 2.28. The van der Waals surface area contributed by atoms with Gasteiger partial charge in [0.1, 0.15) is 0 Å². The molecule has 1 rings (SSSR count). The Labute approximate surface area is 92.0 Å². The van der Waals surface area contributed by atoms with E-state index in [4.69, 9.17) is 22.1 Å². The quantitative estimate of drug-likeness (QED) is 0.818. The highest BCUT2D eigenvalue weighted by molar-refractivity contribution is 6.31. The molecule has 0 aromatic heterocycles. The van der Waals surface area contributed by atoms with E-state index in [9.17, 15) is 8.78 Å². The predicted octanol–water partition coefficient (Wildman–Crippen LogP) is 2.78. The molecular weight excluding hydrogens is 224 g/mol. The van der Waals surface area contributed by atoms with E-state index in [1.807, 2.05) is 0 Å². The molecule has 0 bridgehead atoms. The molecule has 1 atom stereocenters. The van der Waals surface area contributed by atoms with Crippen LogP contribution in [0.5, 0.6) is 0 Å². The normalized spacial score (nSPS) is 12.9. The minimum absolute atomic E-state index is 0.0149. The number of hydrogen-bond acceptors (Lipinski definition) is 2. The summed E-state index contributed by atoms with van der Waals surface area (Å²) in [5, 5.41) is 0.128. The summed E-state index contributed by atoms with van der Waals surface area (Å²) in [6.45, 7) is 1.49. The Morgan fingerprint density at radius 1 is 1.47 bits per heavy atom. The highest BCUT2D eigenvalue weighted by atomic mass is 35.5. The molecule has 0 aliphatic heterocycles. The summed E-state index contributed by atoms with van der Waals surface area (Å²) in [5.74, 6) is -1.95. The van der Waals surface area contributed by atoms with Gasteiger partial charge >= 0.3 is 0 Å². The summed E-state index contributed by atoms with van der Waals surface area (Å²) in [5.41, 5.74) is 5.56. The van der Waals surface area contributed by atoms with E-state index in [2.05, 4.69) is 0 Å². The highest BCUT2D eigenvalue weighted by Gasteiger charge is 2.19. The second-order valence-electron chi connectivity index (χ2n) is 3.28. The topological polar surface area (TPSA) is 35.2 Å². The summed E-state index contributed by atoms with van der Waals surface area (Å²) < 4.78 is 31.6. The number of hydrogen-bond donors (Lipinski definition) is 1. The molecule has 0 spiro atoms. The number of benzene rings is 1. The molecule has 1 aromatic rings. The molecule has 5 heteroatoms. The van der Waals surface area contributed by atoms with E-state index in [0.717, 1.165) is 0 Å². The van der Waals surface area contributed by atoms with Crippen molar-refractivity contribution in [2.45, 2.75) is 19.6 Å². The zero-order chi connectivity index (χ0) is 11.6. The molecule has 1 aromatic carbocycles. The lowest BCUT2D eigenvalue weighted by molar-refractivity contribution is 0.180. The van der Waals surface area contributed by atoms with Crippen LogP contribution in [0.3, 0.4) is 0 Å². The summed E-state index contributed by atoms with van der Waals surface area (Å²) >= 11 is 5.79. The van der Waals surface area contributed by atoms with E-state index in [0.29, 0.717) is 0 Å². The van der Waals surface area contributed by atoms with Gasteiger partial charge in [0.15, 0.2) is 11.6 Å². The first-order valence-electron chi connectivity index (χ1n) is 4.39. The zero-order valence-electron chi connectivity index (χ0n) is 8.48. The van der Waals surface area contributed by atoms with Crippen LogP contribution in [-0.4, -0.2) is 7.11 Å². The van der Waals surface area contributed by atoms with Crippen LogP contribution in [0.1, 0.15) is 24.1 Å². The average molecular weight is 236 g/mol. The Balaban J connectivity index is 3.31. The van der Waals surface area contributed by atoms with Crippen molar-refractivity contribution in [2.75, 3.05) is 7.11 Å². The van der Waals surface area contributed by atoms with Crippen molar-refractivity contribution in [2.24, 2.45) is 5.73 Å². The molecule has 0 aliphatic carbocycles. The van der Waals surface area contributed by atoms with E-state index >= 15 is 0 Å². The fourth-order valence-corrected chi connectivity index (χ4v) is 1.51. The van der Waals surface area contributed by atoms with Gasteiger partial charge in [-0.3, -0.25) is 0 Å². The molecule has 0 fully saturated rings. The second kappa shape index (κ2) is 4.88. The molecule has 0 radical (unpaired) electrons. The number of rotatable bonds is 3. The third-order valence-corrected chi connectivity index (χ3v) is 2.40. The number of nitrogens with two attached hydrogens (primary N) is 1. The van der Waals surface area contributed by atoms with Gasteiger partial charge in [0.2, 0.25) is 0 Å². The minimum atomic E-state index is -0.989. The molecule has 84 valence electrons. The lowest BCUT2D eigenvalue weighted by Crippen LogP contribution is -2.11. The van der Waals surface area contributed by atoms with Crippen LogP contribution in [0.4, 0.5) is 8.78 Å². The summed E-state index contributed by atoms with van der Waals surface area (Å²) in [6.07, 6.45) is 0. The largest absolute Gasteiger partial charge is 0.380 e. The van der Waals surface area contributed by atoms with Crippen molar-refractivity contribution < 1.29 is 13.5 Å². The van der Waals surface area contributed by atoms with Crippen LogP contribution >= 0.6 is 11.6 Å². The average Bonchev–Trinajstić information content (AvgIpc) is 2.18. The van der Waals surface area contributed by atoms with Crippen molar-refractivity contribution in [1.82, 2.24) is 0 Å². The third-order valence-electron chi connectivity index (χ3n) is 2.06. The fourth-order valence-electron chi connectivity index (χ4n) is 1.26. The van der Waals surface area contributed by atoms with Gasteiger partial charge in [0.05, 0.1) is 6.61 Å². The van der Waals surface area contributed by atoms with Crippen LogP contribution in [0, 0.1) is 11.6 Å². The van der Waals surface area contributed by atoms with Gasteiger partial charge in [0.25, 0.3) is 0 Å². The standard InChI is InChI=1S/C10H12ClF2NO/c1-5(14)6-3-8(11)7(4-15-2)10(13)9(6)12/h3,5H,4,14H2,1-2H3. The zero-order valence-corrected chi connectivity index (χ0v) is 9.24. The first-order valence-corrected chi connectivity index (χ1v) is 4.77. The predicted molar refractivity (Wildman–Crippen MR) is 54.7 cm³/mol. The molecule has 0 aliphatic rings. The van der Waals surface area contributed by atoms with E-state index in [-0.39, 0.29) is 22.8 Å². The van der Waals surface area contributed by atoms with Crippen LogP contribution in [0.25, 0.3) is 0 Å². The molecule has 0 saturated carbocycles. The molecule has 0 heterocycles. The van der Waals surface area contributed by atoms with Gasteiger partial charge in [-0.05, 0) is 13.0 Å². The van der Waals surface area contributed by atoms with E-state index < -0.39 is 17.7 Å². The van der Waals surface area contributed by atoms with Gasteiger partial charge in [-0.15, -0.1) is 0 Å². The Morgan fingerprint density at radius 3 is 2.53 bits per heavy atom. The van der Waals surface area contributed by atoms with Crippen LogP contribution in [0.2, 0.25) is 5.02 Å². The van der Waals surface area contributed by atoms with Crippen LogP contribution in [-0.2, 0) is 11.3 Å². The summed E-state index contributed by atoms with van der Waals surface area (Å²) in [6, 6.07) is 0.729. The second-order valence-corrected chi connectivity index (χ2v) is 3.68. The molecular formula is C10H12ClF2NO. The number of halogens is 3. The Morgan fingerprint density at radius 2 is 2.07 bits per heavy atom. The Kier molecular flexibility index (Phi) is 4.02. The number of methoxy groups -OCH3 is 1. The summed E-state index contributed by atoms with van der Waals surface area (Å²) in [4.78, 5) is 0. The van der Waals surface area contributed by atoms with Crippen LogP contribution < -0.4 is 5.73 Å². The van der Waals surface area contributed by atoms with Crippen molar-refractivity contribution in [3.8, 4) is 0 Å². The van der Waals surface area contributed by atoms with Crippen molar-refractivity contribution >= 4 is 11.6 Å². The molecule has 2 nitrogen and oxygen atoms in total. The van der Waals surface area contributed by atoms with Gasteiger partial charge < -0.3 is 10.5 Å². The molecule has 15 heavy (non-hydrogen) atoms. The summed E-state index contributed by atoms with van der Waals surface area (Å²) in [7, 11) is 1.38. The van der Waals surface area contributed by atoms with Gasteiger partial charge in [-0.1, -0.05) is 11.6 Å². The number of ether oxygens (including phenoxy) is 1. The molecule has 0 saturated heterocycles. The third kappa shape index (κ3) is 2.45. The van der Waals surface area contributed by atoms with Gasteiger partial charge in [0, 0.05) is 29.3 Å². The first kappa shape index (κ1) is 12.4. The smallest absolute Gasteiger partial charge is 0.166 e. The maximum absolute atomic E-state index is 13.5.